The predicted octanol–water partition coefficient (Wildman–Crippen LogP) is 2.86. The molecule has 1 aliphatic carbocycles. The Bertz CT molecular complexity index is 408. The van der Waals surface area contributed by atoms with E-state index in [1.807, 2.05) is 0 Å². The summed E-state index contributed by atoms with van der Waals surface area (Å²) in [6.45, 7) is 11.4. The van der Waals surface area contributed by atoms with Gasteiger partial charge in [0.05, 0.1) is 0 Å². The zero-order chi connectivity index (χ0) is 13.8. The van der Waals surface area contributed by atoms with Gasteiger partial charge in [-0.1, -0.05) is 13.8 Å². The summed E-state index contributed by atoms with van der Waals surface area (Å²) in [5.41, 5.74) is 10.5. The van der Waals surface area contributed by atoms with E-state index >= 15 is 0 Å². The molecule has 0 aromatic carbocycles. The van der Waals surface area contributed by atoms with Crippen LogP contribution >= 0.6 is 0 Å². The van der Waals surface area contributed by atoms with Crippen molar-refractivity contribution < 1.29 is 0 Å². The Kier molecular flexibility index (Phi) is 5.06. The number of hydrogen-bond acceptors (Lipinski definition) is 2. The second kappa shape index (κ2) is 6.58. The van der Waals surface area contributed by atoms with Gasteiger partial charge in [-0.25, -0.2) is 0 Å². The molecule has 0 amide bonds. The van der Waals surface area contributed by atoms with Crippen LogP contribution in [0.2, 0.25) is 0 Å². The van der Waals surface area contributed by atoms with Crippen molar-refractivity contribution >= 4 is 0 Å². The lowest BCUT2D eigenvalue weighted by molar-refractivity contribution is 0.274. The number of rotatable bonds is 6. The third-order valence-electron chi connectivity index (χ3n) is 4.40. The summed E-state index contributed by atoms with van der Waals surface area (Å²) in [5, 5.41) is 0. The van der Waals surface area contributed by atoms with E-state index < -0.39 is 0 Å². The molecule has 0 bridgehead atoms. The second-order valence-corrected chi connectivity index (χ2v) is 5.77. The number of aryl methyl sites for hydroxylation is 1. The number of hydrogen-bond donors (Lipinski definition) is 1. The van der Waals surface area contributed by atoms with Crippen molar-refractivity contribution in [2.75, 3.05) is 19.6 Å². The fraction of sp³-hybridized carbons (Fsp3) is 0.750. The molecule has 1 aromatic rings. The van der Waals surface area contributed by atoms with E-state index in [2.05, 4.69) is 36.3 Å². The van der Waals surface area contributed by atoms with Crippen LogP contribution in [0.25, 0.3) is 0 Å². The third kappa shape index (κ3) is 3.21. The molecule has 3 heteroatoms. The average molecular weight is 263 g/mol. The standard InChI is InChI=1S/C16H29N3/c1-4-9-18(5-2)10-11-19-13(3)12-14-15(17)7-6-8-16(14)19/h12,15H,4-11,17H2,1-3H3. The van der Waals surface area contributed by atoms with Crippen LogP contribution in [-0.4, -0.2) is 29.1 Å². The van der Waals surface area contributed by atoms with E-state index in [0.29, 0.717) is 0 Å². The molecular weight excluding hydrogens is 234 g/mol. The van der Waals surface area contributed by atoms with E-state index in [1.54, 1.807) is 0 Å². The highest BCUT2D eigenvalue weighted by atomic mass is 15.1. The number of nitrogens with zero attached hydrogens (tertiary/aromatic N) is 2. The van der Waals surface area contributed by atoms with Crippen LogP contribution in [0.4, 0.5) is 0 Å². The van der Waals surface area contributed by atoms with Gasteiger partial charge in [0.15, 0.2) is 0 Å². The maximum atomic E-state index is 6.23. The lowest BCUT2D eigenvalue weighted by Crippen LogP contribution is -2.29. The van der Waals surface area contributed by atoms with Gasteiger partial charge < -0.3 is 15.2 Å². The first-order chi connectivity index (χ1) is 9.17. The minimum atomic E-state index is 0.265. The molecule has 1 unspecified atom stereocenters. The monoisotopic (exact) mass is 263 g/mol. The summed E-state index contributed by atoms with van der Waals surface area (Å²) in [7, 11) is 0. The van der Waals surface area contributed by atoms with Gasteiger partial charge in [0.1, 0.15) is 0 Å². The van der Waals surface area contributed by atoms with Gasteiger partial charge in [-0.15, -0.1) is 0 Å². The van der Waals surface area contributed by atoms with Crippen LogP contribution < -0.4 is 5.73 Å². The molecule has 0 fully saturated rings. The third-order valence-corrected chi connectivity index (χ3v) is 4.40. The maximum Gasteiger partial charge on any atom is 0.0352 e. The molecule has 1 aliphatic rings. The molecule has 0 saturated heterocycles. The van der Waals surface area contributed by atoms with Crippen molar-refractivity contribution in [3.63, 3.8) is 0 Å². The zero-order valence-corrected chi connectivity index (χ0v) is 12.8. The van der Waals surface area contributed by atoms with Crippen molar-refractivity contribution in [1.82, 2.24) is 9.47 Å². The van der Waals surface area contributed by atoms with Crippen molar-refractivity contribution in [3.8, 4) is 0 Å². The maximum absolute atomic E-state index is 6.23. The minimum absolute atomic E-state index is 0.265. The molecule has 19 heavy (non-hydrogen) atoms. The Morgan fingerprint density at radius 2 is 2.16 bits per heavy atom. The highest BCUT2D eigenvalue weighted by Gasteiger charge is 2.21. The quantitative estimate of drug-likeness (QED) is 0.856. The molecule has 2 rings (SSSR count). The molecule has 108 valence electrons. The van der Waals surface area contributed by atoms with Crippen LogP contribution in [0.15, 0.2) is 6.07 Å². The van der Waals surface area contributed by atoms with E-state index in [9.17, 15) is 0 Å². The van der Waals surface area contributed by atoms with Crippen LogP contribution in [0.5, 0.6) is 0 Å². The molecule has 1 aromatic heterocycles. The minimum Gasteiger partial charge on any atom is -0.347 e. The Hall–Kier alpha value is -0.800. The Balaban J connectivity index is 2.08. The highest BCUT2D eigenvalue weighted by molar-refractivity contribution is 5.32. The Morgan fingerprint density at radius 3 is 2.84 bits per heavy atom. The van der Waals surface area contributed by atoms with Gasteiger partial charge >= 0.3 is 0 Å². The number of aromatic nitrogens is 1. The topological polar surface area (TPSA) is 34.2 Å². The Labute approximate surface area is 117 Å². The predicted molar refractivity (Wildman–Crippen MR) is 81.4 cm³/mol. The van der Waals surface area contributed by atoms with E-state index in [-0.39, 0.29) is 6.04 Å². The van der Waals surface area contributed by atoms with Gasteiger partial charge in [-0.3, -0.25) is 0 Å². The summed E-state index contributed by atoms with van der Waals surface area (Å²) in [6, 6.07) is 2.58. The normalized spacial score (nSPS) is 18.9. The highest BCUT2D eigenvalue weighted by Crippen LogP contribution is 2.30. The second-order valence-electron chi connectivity index (χ2n) is 5.77. The summed E-state index contributed by atoms with van der Waals surface area (Å²) in [4.78, 5) is 2.54. The summed E-state index contributed by atoms with van der Waals surface area (Å²) in [6.07, 6.45) is 4.83. The van der Waals surface area contributed by atoms with Gasteiger partial charge in [-0.2, -0.15) is 0 Å². The molecule has 0 saturated carbocycles. The van der Waals surface area contributed by atoms with Gasteiger partial charge in [0.25, 0.3) is 0 Å². The van der Waals surface area contributed by atoms with Crippen molar-refractivity contribution in [2.24, 2.45) is 5.73 Å². The SMILES string of the molecule is CCCN(CC)CCn1c(C)cc2c1CCCC2N. The molecule has 0 aliphatic heterocycles. The summed E-state index contributed by atoms with van der Waals surface area (Å²) < 4.78 is 2.51. The van der Waals surface area contributed by atoms with Crippen LogP contribution in [-0.2, 0) is 13.0 Å². The first-order valence-corrected chi connectivity index (χ1v) is 7.84. The number of fused-ring (bicyclic) bond motifs is 1. The lowest BCUT2D eigenvalue weighted by Gasteiger charge is -2.24. The fourth-order valence-corrected chi connectivity index (χ4v) is 3.30. The number of nitrogens with two attached hydrogens (primary N) is 1. The summed E-state index contributed by atoms with van der Waals surface area (Å²) in [5.74, 6) is 0. The van der Waals surface area contributed by atoms with Gasteiger partial charge in [-0.05, 0) is 57.3 Å². The molecule has 3 nitrogen and oxygen atoms in total. The smallest absolute Gasteiger partial charge is 0.0352 e. The molecule has 1 atom stereocenters. The Morgan fingerprint density at radius 1 is 1.37 bits per heavy atom. The number of likely N-dealkylation sites (N-methyl/N-ethyl adjacent to an activating group) is 1. The lowest BCUT2D eigenvalue weighted by atomic mass is 9.93. The van der Waals surface area contributed by atoms with Gasteiger partial charge in [0, 0.05) is 30.5 Å². The molecular formula is C16H29N3. The average Bonchev–Trinajstić information content (AvgIpc) is 2.72. The van der Waals surface area contributed by atoms with E-state index in [0.717, 1.165) is 26.1 Å². The first-order valence-electron chi connectivity index (χ1n) is 7.84. The van der Waals surface area contributed by atoms with Crippen LogP contribution in [0, 0.1) is 6.92 Å². The summed E-state index contributed by atoms with van der Waals surface area (Å²) >= 11 is 0. The van der Waals surface area contributed by atoms with E-state index in [4.69, 9.17) is 5.73 Å². The molecule has 0 radical (unpaired) electrons. The van der Waals surface area contributed by atoms with Crippen molar-refractivity contribution in [2.45, 2.75) is 59.0 Å². The van der Waals surface area contributed by atoms with Crippen LogP contribution in [0.1, 0.15) is 56.1 Å². The molecule has 0 spiro atoms. The van der Waals surface area contributed by atoms with Crippen molar-refractivity contribution in [1.29, 1.82) is 0 Å². The first kappa shape index (κ1) is 14.6. The molecule has 1 heterocycles. The van der Waals surface area contributed by atoms with Crippen molar-refractivity contribution in [3.05, 3.63) is 23.0 Å². The zero-order valence-electron chi connectivity index (χ0n) is 12.8. The fourth-order valence-electron chi connectivity index (χ4n) is 3.30. The van der Waals surface area contributed by atoms with Gasteiger partial charge in [0.2, 0.25) is 0 Å². The van der Waals surface area contributed by atoms with Crippen LogP contribution in [0.3, 0.4) is 0 Å². The molecule has 2 N–H and O–H groups in total. The van der Waals surface area contributed by atoms with E-state index in [1.165, 1.54) is 42.8 Å². The largest absolute Gasteiger partial charge is 0.347 e.